The summed E-state index contributed by atoms with van der Waals surface area (Å²) >= 11 is 0. The zero-order valence-corrected chi connectivity index (χ0v) is 20.3. The molecule has 2 atom stereocenters. The van der Waals surface area contributed by atoms with Gasteiger partial charge in [0, 0.05) is 0 Å². The molecule has 0 bridgehead atoms. The van der Waals surface area contributed by atoms with Crippen LogP contribution in [-0.4, -0.2) is 31.3 Å². The summed E-state index contributed by atoms with van der Waals surface area (Å²) in [6.07, 6.45) is -5.11. The van der Waals surface area contributed by atoms with Gasteiger partial charge in [-0.15, -0.1) is 0 Å². The van der Waals surface area contributed by atoms with E-state index in [2.05, 4.69) is 4.74 Å². The molecule has 1 unspecified atom stereocenters. The molecule has 6 nitrogen and oxygen atoms in total. The van der Waals surface area contributed by atoms with Crippen LogP contribution in [-0.2, 0) is 25.4 Å². The Morgan fingerprint density at radius 2 is 1.59 bits per heavy atom. The summed E-state index contributed by atoms with van der Waals surface area (Å²) in [5.41, 5.74) is 0.146. The van der Waals surface area contributed by atoms with Gasteiger partial charge in [-0.25, -0.2) is 17.0 Å². The zero-order valence-electron chi connectivity index (χ0n) is 18.6. The number of carbonyl (C=O) groups excluding carboxylic acids is 1. The number of benzene rings is 3. The van der Waals surface area contributed by atoms with Gasteiger partial charge in [-0.05, 0) is 55.0 Å². The summed E-state index contributed by atoms with van der Waals surface area (Å²) in [7, 11) is -6.97. The maximum atomic E-state index is 14.3. The Bertz CT molecular complexity index is 1430. The highest BCUT2D eigenvalue weighted by molar-refractivity contribution is 7.92. The van der Waals surface area contributed by atoms with E-state index < -0.39 is 71.6 Å². The number of carbonyl (C=O) groups is 1. The molecule has 0 fully saturated rings. The first kappa shape index (κ1) is 28.2. The molecule has 0 saturated heterocycles. The third-order valence-corrected chi connectivity index (χ3v) is 8.39. The van der Waals surface area contributed by atoms with Crippen LogP contribution in [0.15, 0.2) is 86.3 Å². The predicted molar refractivity (Wildman–Crippen MR) is 119 cm³/mol. The standard InChI is InChI=1S/C23H17F6NO5S2/c1-13(30-21(31)23(27,28)29)14-6-9-16(10-7-14)37(33,34)20-11-8-15(35-22(25)26)12-19(20)36(32)18-5-3-2-4-17(18)24/h2-13,22H,1H3,(H,30,31)/t13-,36?/m0/s1. The summed E-state index contributed by atoms with van der Waals surface area (Å²) in [5.74, 6) is -3.62. The number of alkyl halides is 5. The van der Waals surface area contributed by atoms with Gasteiger partial charge in [-0.2, -0.15) is 22.0 Å². The molecule has 0 aromatic heterocycles. The Morgan fingerprint density at radius 1 is 0.973 bits per heavy atom. The van der Waals surface area contributed by atoms with Crippen LogP contribution in [0, 0.1) is 5.82 Å². The fourth-order valence-corrected chi connectivity index (χ4v) is 6.20. The van der Waals surface area contributed by atoms with Gasteiger partial charge < -0.3 is 10.1 Å². The van der Waals surface area contributed by atoms with Crippen molar-refractivity contribution < 1.29 is 48.5 Å². The topological polar surface area (TPSA) is 89.5 Å². The van der Waals surface area contributed by atoms with Gasteiger partial charge in [0.25, 0.3) is 0 Å². The van der Waals surface area contributed by atoms with E-state index in [0.29, 0.717) is 0 Å². The zero-order chi connectivity index (χ0) is 27.5. The summed E-state index contributed by atoms with van der Waals surface area (Å²) in [6.45, 7) is -2.02. The lowest BCUT2D eigenvalue weighted by Gasteiger charge is -2.16. The molecule has 0 radical (unpaired) electrons. The smallest absolute Gasteiger partial charge is 0.435 e. The molecule has 0 spiro atoms. The Balaban J connectivity index is 2.03. The number of nitrogens with one attached hydrogen (secondary N) is 1. The molecular weight excluding hydrogens is 548 g/mol. The Morgan fingerprint density at radius 3 is 2.16 bits per heavy atom. The van der Waals surface area contributed by atoms with Crippen molar-refractivity contribution in [3.05, 3.63) is 78.1 Å². The van der Waals surface area contributed by atoms with E-state index >= 15 is 0 Å². The van der Waals surface area contributed by atoms with Crippen LogP contribution < -0.4 is 10.1 Å². The number of rotatable bonds is 8. The van der Waals surface area contributed by atoms with Crippen LogP contribution in [0.4, 0.5) is 26.3 Å². The van der Waals surface area contributed by atoms with Crippen molar-refractivity contribution in [2.45, 2.75) is 45.3 Å². The summed E-state index contributed by atoms with van der Waals surface area (Å²) in [6, 6.07) is 10.6. The molecule has 0 saturated carbocycles. The maximum Gasteiger partial charge on any atom is 0.471 e. The molecule has 1 amide bonds. The van der Waals surface area contributed by atoms with E-state index in [1.807, 2.05) is 0 Å². The van der Waals surface area contributed by atoms with Crippen molar-refractivity contribution in [3.63, 3.8) is 0 Å². The maximum absolute atomic E-state index is 14.3. The Labute approximate surface area is 209 Å². The SMILES string of the molecule is C[C@H](NC(=O)C(F)(F)F)c1ccc(S(=O)(=O)c2ccc(OC(F)F)cc2S(=O)c2ccccc2F)cc1. The van der Waals surface area contributed by atoms with Crippen LogP contribution in [0.2, 0.25) is 0 Å². The molecule has 198 valence electrons. The number of hydrogen-bond donors (Lipinski definition) is 1. The van der Waals surface area contributed by atoms with Crippen LogP contribution in [0.5, 0.6) is 5.75 Å². The molecule has 3 rings (SSSR count). The molecule has 14 heteroatoms. The summed E-state index contributed by atoms with van der Waals surface area (Å²) < 4.78 is 121. The molecule has 1 N–H and O–H groups in total. The quantitative estimate of drug-likeness (QED) is 0.381. The number of halogens is 6. The van der Waals surface area contributed by atoms with Gasteiger partial charge >= 0.3 is 18.7 Å². The average Bonchev–Trinajstić information content (AvgIpc) is 2.83. The Kier molecular flexibility index (Phi) is 8.32. The van der Waals surface area contributed by atoms with Crippen molar-refractivity contribution in [1.82, 2.24) is 5.32 Å². The molecule has 0 heterocycles. The van der Waals surface area contributed by atoms with Gasteiger partial charge in [-0.3, -0.25) is 4.79 Å². The second-order valence-electron chi connectivity index (χ2n) is 7.45. The first-order chi connectivity index (χ1) is 17.2. The summed E-state index contributed by atoms with van der Waals surface area (Å²) in [5, 5.41) is 1.73. The monoisotopic (exact) mass is 565 g/mol. The molecule has 3 aromatic carbocycles. The van der Waals surface area contributed by atoms with E-state index in [1.165, 1.54) is 19.1 Å². The summed E-state index contributed by atoms with van der Waals surface area (Å²) in [4.78, 5) is 9.23. The number of amides is 1. The van der Waals surface area contributed by atoms with Crippen LogP contribution >= 0.6 is 0 Å². The lowest BCUT2D eigenvalue weighted by atomic mass is 10.1. The van der Waals surface area contributed by atoms with E-state index in [-0.39, 0.29) is 10.5 Å². The van der Waals surface area contributed by atoms with E-state index in [1.54, 1.807) is 5.32 Å². The molecule has 37 heavy (non-hydrogen) atoms. The largest absolute Gasteiger partial charge is 0.471 e. The van der Waals surface area contributed by atoms with E-state index in [4.69, 9.17) is 0 Å². The third-order valence-electron chi connectivity index (χ3n) is 4.96. The number of sulfone groups is 1. The lowest BCUT2D eigenvalue weighted by molar-refractivity contribution is -0.174. The first-order valence-electron chi connectivity index (χ1n) is 10.2. The number of ether oxygens (including phenoxy) is 1. The first-order valence-corrected chi connectivity index (χ1v) is 12.8. The molecule has 0 aliphatic rings. The van der Waals surface area contributed by atoms with Crippen molar-refractivity contribution in [2.75, 3.05) is 0 Å². The predicted octanol–water partition coefficient (Wildman–Crippen LogP) is 5.17. The van der Waals surface area contributed by atoms with Crippen LogP contribution in [0.3, 0.4) is 0 Å². The minimum Gasteiger partial charge on any atom is -0.435 e. The lowest BCUT2D eigenvalue weighted by Crippen LogP contribution is -2.38. The highest BCUT2D eigenvalue weighted by Crippen LogP contribution is 2.33. The van der Waals surface area contributed by atoms with Crippen molar-refractivity contribution in [3.8, 4) is 5.75 Å². The van der Waals surface area contributed by atoms with Gasteiger partial charge in [0.05, 0.1) is 36.4 Å². The minimum atomic E-state index is -5.11. The van der Waals surface area contributed by atoms with Crippen LogP contribution in [0.25, 0.3) is 0 Å². The molecule has 3 aromatic rings. The molecule has 0 aliphatic heterocycles. The number of hydrogen-bond acceptors (Lipinski definition) is 5. The molecular formula is C23H17F6NO5S2. The third kappa shape index (κ3) is 6.49. The fourth-order valence-electron chi connectivity index (χ4n) is 3.17. The van der Waals surface area contributed by atoms with Gasteiger partial charge in [0.15, 0.2) is 0 Å². The van der Waals surface area contributed by atoms with Crippen LogP contribution in [0.1, 0.15) is 18.5 Å². The van der Waals surface area contributed by atoms with Crippen molar-refractivity contribution in [2.24, 2.45) is 0 Å². The van der Waals surface area contributed by atoms with Gasteiger partial charge in [0.1, 0.15) is 11.6 Å². The van der Waals surface area contributed by atoms with Crippen molar-refractivity contribution in [1.29, 1.82) is 0 Å². The minimum absolute atomic E-state index is 0.146. The highest BCUT2D eigenvalue weighted by Gasteiger charge is 2.39. The normalized spacial score (nSPS) is 13.7. The highest BCUT2D eigenvalue weighted by atomic mass is 32.2. The van der Waals surface area contributed by atoms with Crippen molar-refractivity contribution >= 4 is 26.5 Å². The Hall–Kier alpha value is -3.39. The second kappa shape index (κ2) is 10.9. The second-order valence-corrected chi connectivity index (χ2v) is 10.8. The average molecular weight is 566 g/mol. The van der Waals surface area contributed by atoms with E-state index in [0.717, 1.165) is 54.6 Å². The molecule has 0 aliphatic carbocycles. The van der Waals surface area contributed by atoms with Gasteiger partial charge in [-0.1, -0.05) is 24.3 Å². The van der Waals surface area contributed by atoms with Gasteiger partial charge in [0.2, 0.25) is 9.84 Å². The van der Waals surface area contributed by atoms with E-state index in [9.17, 15) is 43.8 Å². The fraction of sp³-hybridized carbons (Fsp3) is 0.174.